The Bertz CT molecular complexity index is 1320. The number of aromatic nitrogens is 2. The molecule has 0 spiro atoms. The first-order chi connectivity index (χ1) is 16.1. The van der Waals surface area contributed by atoms with Crippen LogP contribution in [0, 0.1) is 11.3 Å². The van der Waals surface area contributed by atoms with Gasteiger partial charge >= 0.3 is 0 Å². The van der Waals surface area contributed by atoms with E-state index in [0.717, 1.165) is 66.5 Å². The molecule has 1 amide bonds. The highest BCUT2D eigenvalue weighted by Gasteiger charge is 2.22. The molecule has 4 aromatic rings. The van der Waals surface area contributed by atoms with E-state index in [1.165, 1.54) is 0 Å². The second-order valence-electron chi connectivity index (χ2n) is 8.36. The molecule has 1 aliphatic heterocycles. The lowest BCUT2D eigenvalue weighted by molar-refractivity contribution is -0.128. The molecule has 0 radical (unpaired) electrons. The molecule has 0 aliphatic carbocycles. The predicted molar refractivity (Wildman–Crippen MR) is 125 cm³/mol. The Morgan fingerprint density at radius 1 is 1.06 bits per heavy atom. The lowest BCUT2D eigenvalue weighted by Gasteiger charge is -2.21. The third-order valence-electron chi connectivity index (χ3n) is 6.23. The fraction of sp³-hybridized carbons (Fsp3) is 0.269. The number of pyridine rings is 1. The number of hydrogen-bond acceptors (Lipinski definition) is 5. The van der Waals surface area contributed by atoms with Gasteiger partial charge in [-0.3, -0.25) is 9.69 Å². The number of amides is 1. The van der Waals surface area contributed by atoms with Crippen LogP contribution in [0.5, 0.6) is 0 Å². The van der Waals surface area contributed by atoms with Gasteiger partial charge in [-0.25, -0.2) is 4.98 Å². The third kappa shape index (κ3) is 4.26. The van der Waals surface area contributed by atoms with Gasteiger partial charge in [0.15, 0.2) is 5.76 Å². The Balaban J connectivity index is 1.53. The molecular formula is C26H25N5O2. The maximum Gasteiger partial charge on any atom is 0.219 e. The Kier molecular flexibility index (Phi) is 5.68. The summed E-state index contributed by atoms with van der Waals surface area (Å²) >= 11 is 0. The van der Waals surface area contributed by atoms with Gasteiger partial charge in [-0.2, -0.15) is 5.26 Å². The standard InChI is InChI=1S/C26H25N5O2/c1-19(32)30-12-3-11-29(13-14-30)18-23-26(24-4-2-15-33-24)28-25-10-9-22(17-31(23)25)21-7-5-20(16-27)6-8-21/h2,4-10,15,17H,3,11-14,18H2,1H3. The van der Waals surface area contributed by atoms with Crippen molar-refractivity contribution in [2.75, 3.05) is 26.2 Å². The second kappa shape index (κ2) is 8.93. The van der Waals surface area contributed by atoms with Crippen LogP contribution >= 0.6 is 0 Å². The minimum atomic E-state index is 0.134. The highest BCUT2D eigenvalue weighted by molar-refractivity contribution is 5.73. The van der Waals surface area contributed by atoms with Crippen LogP contribution in [0.15, 0.2) is 65.4 Å². The molecule has 5 rings (SSSR count). The first-order valence-corrected chi connectivity index (χ1v) is 11.2. The summed E-state index contributed by atoms with van der Waals surface area (Å²) in [6, 6.07) is 17.7. The number of furan rings is 1. The van der Waals surface area contributed by atoms with Crippen molar-refractivity contribution in [3.63, 3.8) is 0 Å². The van der Waals surface area contributed by atoms with Crippen molar-refractivity contribution in [3.05, 3.63) is 72.2 Å². The van der Waals surface area contributed by atoms with Crippen LogP contribution in [-0.2, 0) is 11.3 Å². The van der Waals surface area contributed by atoms with Gasteiger partial charge < -0.3 is 13.7 Å². The summed E-state index contributed by atoms with van der Waals surface area (Å²) in [7, 11) is 0. The van der Waals surface area contributed by atoms with Crippen molar-refractivity contribution in [2.24, 2.45) is 0 Å². The SMILES string of the molecule is CC(=O)N1CCCN(Cc2c(-c3ccco3)nc3ccc(-c4ccc(C#N)cc4)cn23)CC1. The number of nitrogens with zero attached hydrogens (tertiary/aromatic N) is 5. The van der Waals surface area contributed by atoms with Crippen LogP contribution in [0.4, 0.5) is 0 Å². The summed E-state index contributed by atoms with van der Waals surface area (Å²) in [5.74, 6) is 0.879. The summed E-state index contributed by atoms with van der Waals surface area (Å²) in [6.45, 7) is 5.62. The molecule has 7 heteroatoms. The van der Waals surface area contributed by atoms with E-state index in [1.54, 1.807) is 13.2 Å². The van der Waals surface area contributed by atoms with E-state index in [9.17, 15) is 4.79 Å². The Hall–Kier alpha value is -3.89. The van der Waals surface area contributed by atoms with Crippen LogP contribution in [0.1, 0.15) is 24.6 Å². The minimum Gasteiger partial charge on any atom is -0.463 e. The Labute approximate surface area is 192 Å². The number of imidazole rings is 1. The average molecular weight is 440 g/mol. The molecule has 0 bridgehead atoms. The van der Waals surface area contributed by atoms with Gasteiger partial charge in [0.2, 0.25) is 5.91 Å². The smallest absolute Gasteiger partial charge is 0.219 e. The number of fused-ring (bicyclic) bond motifs is 1. The molecule has 3 aromatic heterocycles. The molecule has 1 aliphatic rings. The van der Waals surface area contributed by atoms with Gasteiger partial charge in [-0.1, -0.05) is 12.1 Å². The van der Waals surface area contributed by atoms with Crippen LogP contribution < -0.4 is 0 Å². The molecule has 7 nitrogen and oxygen atoms in total. The summed E-state index contributed by atoms with van der Waals surface area (Å²) in [5.41, 5.74) is 5.49. The molecule has 0 unspecified atom stereocenters. The molecular weight excluding hydrogens is 414 g/mol. The van der Waals surface area contributed by atoms with Gasteiger partial charge in [0.1, 0.15) is 11.3 Å². The third-order valence-corrected chi connectivity index (χ3v) is 6.23. The predicted octanol–water partition coefficient (Wildman–Crippen LogP) is 4.19. The fourth-order valence-electron chi connectivity index (χ4n) is 4.42. The Morgan fingerprint density at radius 3 is 2.61 bits per heavy atom. The summed E-state index contributed by atoms with van der Waals surface area (Å²) in [6.07, 6.45) is 4.72. The lowest BCUT2D eigenvalue weighted by atomic mass is 10.1. The van der Waals surface area contributed by atoms with Gasteiger partial charge in [0.05, 0.1) is 23.6 Å². The zero-order chi connectivity index (χ0) is 22.8. The van der Waals surface area contributed by atoms with Gasteiger partial charge in [0.25, 0.3) is 0 Å². The molecule has 166 valence electrons. The Morgan fingerprint density at radius 2 is 1.88 bits per heavy atom. The number of nitriles is 1. The van der Waals surface area contributed by atoms with E-state index in [-0.39, 0.29) is 5.91 Å². The monoisotopic (exact) mass is 439 g/mol. The van der Waals surface area contributed by atoms with Crippen molar-refractivity contribution in [1.82, 2.24) is 19.2 Å². The molecule has 1 fully saturated rings. The average Bonchev–Trinajstić information content (AvgIpc) is 3.41. The highest BCUT2D eigenvalue weighted by Crippen LogP contribution is 2.29. The van der Waals surface area contributed by atoms with Crippen molar-refractivity contribution in [2.45, 2.75) is 19.9 Å². The molecule has 4 heterocycles. The van der Waals surface area contributed by atoms with E-state index in [1.807, 2.05) is 47.4 Å². The minimum absolute atomic E-state index is 0.134. The number of carbonyl (C=O) groups is 1. The van der Waals surface area contributed by atoms with Crippen LogP contribution in [0.25, 0.3) is 28.2 Å². The summed E-state index contributed by atoms with van der Waals surface area (Å²) in [4.78, 5) is 21.0. The van der Waals surface area contributed by atoms with E-state index >= 15 is 0 Å². The maximum atomic E-state index is 11.8. The zero-order valence-electron chi connectivity index (χ0n) is 18.6. The van der Waals surface area contributed by atoms with E-state index < -0.39 is 0 Å². The van der Waals surface area contributed by atoms with Crippen LogP contribution in [0.3, 0.4) is 0 Å². The highest BCUT2D eigenvalue weighted by atomic mass is 16.3. The lowest BCUT2D eigenvalue weighted by Crippen LogP contribution is -2.33. The quantitative estimate of drug-likeness (QED) is 0.477. The van der Waals surface area contributed by atoms with E-state index in [4.69, 9.17) is 14.7 Å². The molecule has 0 atom stereocenters. The van der Waals surface area contributed by atoms with Gasteiger partial charge in [-0.05, 0) is 53.9 Å². The molecule has 0 saturated carbocycles. The van der Waals surface area contributed by atoms with Crippen molar-refractivity contribution in [1.29, 1.82) is 5.26 Å². The van der Waals surface area contributed by atoms with Gasteiger partial charge in [-0.15, -0.1) is 0 Å². The van der Waals surface area contributed by atoms with Crippen molar-refractivity contribution >= 4 is 11.6 Å². The molecule has 1 saturated heterocycles. The second-order valence-corrected chi connectivity index (χ2v) is 8.36. The van der Waals surface area contributed by atoms with E-state index in [0.29, 0.717) is 12.1 Å². The number of hydrogen-bond donors (Lipinski definition) is 0. The maximum absolute atomic E-state index is 11.8. The fourth-order valence-corrected chi connectivity index (χ4v) is 4.42. The van der Waals surface area contributed by atoms with E-state index in [2.05, 4.69) is 27.6 Å². The first-order valence-electron chi connectivity index (χ1n) is 11.2. The zero-order valence-corrected chi connectivity index (χ0v) is 18.6. The summed E-state index contributed by atoms with van der Waals surface area (Å²) < 4.78 is 7.85. The largest absolute Gasteiger partial charge is 0.463 e. The molecule has 1 aromatic carbocycles. The normalized spacial score (nSPS) is 14.8. The topological polar surface area (TPSA) is 77.8 Å². The molecule has 0 N–H and O–H groups in total. The molecule has 33 heavy (non-hydrogen) atoms. The van der Waals surface area contributed by atoms with Gasteiger partial charge in [0, 0.05) is 45.8 Å². The first kappa shape index (κ1) is 21.0. The number of carbonyl (C=O) groups excluding carboxylic acids is 1. The van der Waals surface area contributed by atoms with Crippen molar-refractivity contribution < 1.29 is 9.21 Å². The number of benzene rings is 1. The van der Waals surface area contributed by atoms with Crippen molar-refractivity contribution in [3.8, 4) is 28.7 Å². The number of rotatable bonds is 4. The summed E-state index contributed by atoms with van der Waals surface area (Å²) in [5, 5.41) is 9.09. The van der Waals surface area contributed by atoms with Crippen LogP contribution in [0.2, 0.25) is 0 Å². The van der Waals surface area contributed by atoms with Crippen LogP contribution in [-0.4, -0.2) is 51.3 Å².